The zero-order chi connectivity index (χ0) is 12.0. The van der Waals surface area contributed by atoms with Crippen molar-refractivity contribution in [3.63, 3.8) is 0 Å². The van der Waals surface area contributed by atoms with E-state index in [2.05, 4.69) is 43.1 Å². The van der Waals surface area contributed by atoms with Crippen molar-refractivity contribution in [2.75, 3.05) is 41.3 Å². The summed E-state index contributed by atoms with van der Waals surface area (Å²) in [4.78, 5) is 4.52. The molecule has 0 aliphatic carbocycles. The monoisotopic (exact) mass is 222 g/mol. The highest BCUT2D eigenvalue weighted by molar-refractivity contribution is 5.26. The molecule has 3 heteroatoms. The molecule has 0 bridgehead atoms. The van der Waals surface area contributed by atoms with E-state index >= 15 is 0 Å². The summed E-state index contributed by atoms with van der Waals surface area (Å²) in [6.07, 6.45) is 0. The summed E-state index contributed by atoms with van der Waals surface area (Å²) >= 11 is 0. The van der Waals surface area contributed by atoms with Gasteiger partial charge in [-0.2, -0.15) is 0 Å². The Morgan fingerprint density at radius 3 is 2.12 bits per heavy atom. The van der Waals surface area contributed by atoms with Gasteiger partial charge in [0.05, 0.1) is 7.11 Å². The molecule has 0 heterocycles. The number of ether oxygens (including phenoxy) is 1. The summed E-state index contributed by atoms with van der Waals surface area (Å²) in [7, 11) is 8.04. The predicted molar refractivity (Wildman–Crippen MR) is 67.9 cm³/mol. The Labute approximate surface area is 98.6 Å². The van der Waals surface area contributed by atoms with Gasteiger partial charge in [-0.3, -0.25) is 0 Å². The van der Waals surface area contributed by atoms with E-state index in [0.717, 1.165) is 25.4 Å². The number of benzene rings is 1. The maximum atomic E-state index is 5.13. The first-order valence-electron chi connectivity index (χ1n) is 5.58. The van der Waals surface area contributed by atoms with Gasteiger partial charge in [-0.05, 0) is 38.8 Å². The number of rotatable bonds is 6. The third-order valence-corrected chi connectivity index (χ3v) is 2.54. The van der Waals surface area contributed by atoms with E-state index in [4.69, 9.17) is 4.74 Å². The highest BCUT2D eigenvalue weighted by atomic mass is 16.5. The highest BCUT2D eigenvalue weighted by Gasteiger charge is 2.01. The van der Waals surface area contributed by atoms with Crippen molar-refractivity contribution < 1.29 is 4.74 Å². The molecule has 0 aliphatic heterocycles. The van der Waals surface area contributed by atoms with Crippen molar-refractivity contribution in [1.29, 1.82) is 0 Å². The van der Waals surface area contributed by atoms with E-state index in [1.165, 1.54) is 5.56 Å². The first-order chi connectivity index (χ1) is 7.61. The van der Waals surface area contributed by atoms with Crippen molar-refractivity contribution in [2.24, 2.45) is 0 Å². The van der Waals surface area contributed by atoms with Crippen LogP contribution in [0.3, 0.4) is 0 Å². The van der Waals surface area contributed by atoms with E-state index in [1.807, 2.05) is 12.1 Å². The zero-order valence-electron chi connectivity index (χ0n) is 10.7. The van der Waals surface area contributed by atoms with Crippen molar-refractivity contribution in [3.05, 3.63) is 29.8 Å². The molecule has 1 aromatic carbocycles. The predicted octanol–water partition coefficient (Wildman–Crippen LogP) is 1.69. The fraction of sp³-hybridized carbons (Fsp3) is 0.538. The summed E-state index contributed by atoms with van der Waals surface area (Å²) in [5.74, 6) is 0.916. The van der Waals surface area contributed by atoms with Crippen LogP contribution in [0.2, 0.25) is 0 Å². The third-order valence-electron chi connectivity index (χ3n) is 2.54. The molecule has 3 nitrogen and oxygen atoms in total. The average Bonchev–Trinajstić information content (AvgIpc) is 2.27. The van der Waals surface area contributed by atoms with E-state index < -0.39 is 0 Å². The SMILES string of the molecule is COc1ccc(CN(C)CCN(C)C)cc1. The van der Waals surface area contributed by atoms with E-state index in [1.54, 1.807) is 7.11 Å². The molecule has 0 atom stereocenters. The molecule has 0 N–H and O–H groups in total. The van der Waals surface area contributed by atoms with Crippen molar-refractivity contribution in [1.82, 2.24) is 9.80 Å². The molecule has 0 amide bonds. The van der Waals surface area contributed by atoms with Gasteiger partial charge in [-0.1, -0.05) is 12.1 Å². The molecular weight excluding hydrogens is 200 g/mol. The lowest BCUT2D eigenvalue weighted by Gasteiger charge is -2.19. The van der Waals surface area contributed by atoms with Crippen LogP contribution in [0.25, 0.3) is 0 Å². The van der Waals surface area contributed by atoms with Gasteiger partial charge in [0.1, 0.15) is 5.75 Å². The second-order valence-corrected chi connectivity index (χ2v) is 4.39. The second kappa shape index (κ2) is 6.51. The fourth-order valence-electron chi connectivity index (χ4n) is 1.49. The normalized spacial score (nSPS) is 11.1. The first-order valence-corrected chi connectivity index (χ1v) is 5.58. The van der Waals surface area contributed by atoms with Crippen LogP contribution in [0.1, 0.15) is 5.56 Å². The maximum Gasteiger partial charge on any atom is 0.118 e. The molecule has 0 fully saturated rings. The smallest absolute Gasteiger partial charge is 0.118 e. The van der Waals surface area contributed by atoms with E-state index in [-0.39, 0.29) is 0 Å². The summed E-state index contributed by atoms with van der Waals surface area (Å²) in [6.45, 7) is 3.16. The molecule has 0 saturated heterocycles. The van der Waals surface area contributed by atoms with Gasteiger partial charge >= 0.3 is 0 Å². The minimum atomic E-state index is 0.916. The third kappa shape index (κ3) is 4.64. The van der Waals surface area contributed by atoms with Gasteiger partial charge < -0.3 is 14.5 Å². The lowest BCUT2D eigenvalue weighted by atomic mass is 10.2. The molecule has 0 saturated carbocycles. The summed E-state index contributed by atoms with van der Waals surface area (Å²) < 4.78 is 5.13. The Kier molecular flexibility index (Phi) is 5.29. The molecule has 0 aromatic heterocycles. The number of methoxy groups -OCH3 is 1. The van der Waals surface area contributed by atoms with Gasteiger partial charge in [0, 0.05) is 19.6 Å². The molecule has 0 spiro atoms. The van der Waals surface area contributed by atoms with Crippen molar-refractivity contribution in [2.45, 2.75) is 6.54 Å². The lowest BCUT2D eigenvalue weighted by molar-refractivity contribution is 0.276. The van der Waals surface area contributed by atoms with Crippen LogP contribution in [0.15, 0.2) is 24.3 Å². The number of hydrogen-bond donors (Lipinski definition) is 0. The van der Waals surface area contributed by atoms with Gasteiger partial charge in [0.15, 0.2) is 0 Å². The van der Waals surface area contributed by atoms with Gasteiger partial charge in [-0.25, -0.2) is 0 Å². The van der Waals surface area contributed by atoms with Crippen molar-refractivity contribution >= 4 is 0 Å². The van der Waals surface area contributed by atoms with Gasteiger partial charge in [0.25, 0.3) is 0 Å². The number of hydrogen-bond acceptors (Lipinski definition) is 3. The topological polar surface area (TPSA) is 15.7 Å². The Morgan fingerprint density at radius 1 is 1.00 bits per heavy atom. The van der Waals surface area contributed by atoms with Gasteiger partial charge in [-0.15, -0.1) is 0 Å². The molecular formula is C13H22N2O. The Balaban J connectivity index is 2.40. The molecule has 90 valence electrons. The molecule has 0 aliphatic rings. The zero-order valence-corrected chi connectivity index (χ0v) is 10.7. The molecule has 0 radical (unpaired) electrons. The largest absolute Gasteiger partial charge is 0.497 e. The molecule has 0 unspecified atom stereocenters. The van der Waals surface area contributed by atoms with Crippen molar-refractivity contribution in [3.8, 4) is 5.75 Å². The highest BCUT2D eigenvalue weighted by Crippen LogP contribution is 2.12. The van der Waals surface area contributed by atoms with Crippen LogP contribution in [-0.2, 0) is 6.54 Å². The standard InChI is InChI=1S/C13H22N2O/c1-14(2)9-10-15(3)11-12-5-7-13(16-4)8-6-12/h5-8H,9-11H2,1-4H3. The average molecular weight is 222 g/mol. The Bertz CT molecular complexity index is 295. The van der Waals surface area contributed by atoms with E-state index in [9.17, 15) is 0 Å². The fourth-order valence-corrected chi connectivity index (χ4v) is 1.49. The second-order valence-electron chi connectivity index (χ2n) is 4.39. The van der Waals surface area contributed by atoms with Crippen LogP contribution < -0.4 is 4.74 Å². The summed E-state index contributed by atoms with van der Waals surface area (Å²) in [5, 5.41) is 0. The number of nitrogens with zero attached hydrogens (tertiary/aromatic N) is 2. The summed E-state index contributed by atoms with van der Waals surface area (Å²) in [5.41, 5.74) is 1.32. The molecule has 16 heavy (non-hydrogen) atoms. The Morgan fingerprint density at radius 2 is 1.62 bits per heavy atom. The Hall–Kier alpha value is -1.06. The maximum absolute atomic E-state index is 5.13. The summed E-state index contributed by atoms with van der Waals surface area (Å²) in [6, 6.07) is 8.25. The van der Waals surface area contributed by atoms with E-state index in [0.29, 0.717) is 0 Å². The van der Waals surface area contributed by atoms with Crippen LogP contribution in [0.5, 0.6) is 5.75 Å². The minimum absolute atomic E-state index is 0.916. The van der Waals surface area contributed by atoms with Crippen LogP contribution >= 0.6 is 0 Å². The van der Waals surface area contributed by atoms with Crippen LogP contribution in [0, 0.1) is 0 Å². The van der Waals surface area contributed by atoms with Crippen LogP contribution in [-0.4, -0.2) is 51.1 Å². The molecule has 1 rings (SSSR count). The molecule has 1 aromatic rings. The first kappa shape index (κ1) is 13.0. The quantitative estimate of drug-likeness (QED) is 0.728. The lowest BCUT2D eigenvalue weighted by Crippen LogP contribution is -2.28. The van der Waals surface area contributed by atoms with Crippen LogP contribution in [0.4, 0.5) is 0 Å². The minimum Gasteiger partial charge on any atom is -0.497 e. The number of likely N-dealkylation sites (N-methyl/N-ethyl adjacent to an activating group) is 2. The van der Waals surface area contributed by atoms with Gasteiger partial charge in [0.2, 0.25) is 0 Å².